The van der Waals surface area contributed by atoms with E-state index in [-0.39, 0.29) is 5.54 Å². The summed E-state index contributed by atoms with van der Waals surface area (Å²) in [5.74, 6) is 1.62. The molecule has 1 aliphatic rings. The summed E-state index contributed by atoms with van der Waals surface area (Å²) in [6.45, 7) is 7.60. The first-order valence-electron chi connectivity index (χ1n) is 10.9. The highest BCUT2D eigenvalue weighted by Gasteiger charge is 2.36. The first-order chi connectivity index (χ1) is 15.2. The number of likely N-dealkylation sites (N-methyl/N-ethyl adjacent to an activating group) is 1. The maximum absolute atomic E-state index is 5.93. The smallest absolute Gasteiger partial charge is 0.161 e. The lowest BCUT2D eigenvalue weighted by atomic mass is 9.99. The number of likely N-dealkylation sites (tertiary alicyclic amines) is 1. The lowest BCUT2D eigenvalue weighted by Crippen LogP contribution is -2.44. The Bertz CT molecular complexity index is 1170. The Balaban J connectivity index is 1.46. The van der Waals surface area contributed by atoms with E-state index in [9.17, 15) is 0 Å². The lowest BCUT2D eigenvalue weighted by Gasteiger charge is -2.34. The van der Waals surface area contributed by atoms with Gasteiger partial charge in [-0.15, -0.1) is 0 Å². The first kappa shape index (κ1) is 19.7. The zero-order valence-corrected chi connectivity index (χ0v) is 18.0. The van der Waals surface area contributed by atoms with Gasteiger partial charge in [-0.05, 0) is 69.3 Å². The van der Waals surface area contributed by atoms with Crippen molar-refractivity contribution in [1.82, 2.24) is 24.6 Å². The number of hydrogen-bond acceptors (Lipinski definition) is 5. The second-order valence-electron chi connectivity index (χ2n) is 8.39. The van der Waals surface area contributed by atoms with E-state index in [1.807, 2.05) is 60.8 Å². The van der Waals surface area contributed by atoms with Crippen LogP contribution < -0.4 is 4.74 Å². The van der Waals surface area contributed by atoms with Gasteiger partial charge in [0.2, 0.25) is 0 Å². The summed E-state index contributed by atoms with van der Waals surface area (Å²) in [4.78, 5) is 11.4. The van der Waals surface area contributed by atoms with Crippen molar-refractivity contribution < 1.29 is 4.74 Å². The lowest BCUT2D eigenvalue weighted by molar-refractivity contribution is 0.139. The van der Waals surface area contributed by atoms with Gasteiger partial charge in [0.15, 0.2) is 5.65 Å². The molecule has 6 nitrogen and oxygen atoms in total. The number of aromatic nitrogens is 4. The van der Waals surface area contributed by atoms with Gasteiger partial charge in [-0.3, -0.25) is 4.90 Å². The van der Waals surface area contributed by atoms with E-state index < -0.39 is 0 Å². The summed E-state index contributed by atoms with van der Waals surface area (Å²) in [7, 11) is 0. The number of hydrogen-bond donors (Lipinski definition) is 0. The van der Waals surface area contributed by atoms with Crippen molar-refractivity contribution >= 4 is 11.0 Å². The van der Waals surface area contributed by atoms with Crippen molar-refractivity contribution in [3.8, 4) is 22.8 Å². The molecule has 158 valence electrons. The molecule has 1 fully saturated rings. The summed E-state index contributed by atoms with van der Waals surface area (Å²) >= 11 is 0. The molecule has 5 rings (SSSR count). The predicted molar refractivity (Wildman–Crippen MR) is 122 cm³/mol. The maximum atomic E-state index is 5.93. The summed E-state index contributed by atoms with van der Waals surface area (Å²) in [6, 6.07) is 17.9. The van der Waals surface area contributed by atoms with Gasteiger partial charge in [-0.1, -0.05) is 25.1 Å². The van der Waals surface area contributed by atoms with E-state index >= 15 is 0 Å². The van der Waals surface area contributed by atoms with Gasteiger partial charge in [-0.25, -0.2) is 14.6 Å². The molecule has 3 heterocycles. The molecule has 1 saturated heterocycles. The minimum absolute atomic E-state index is 0.100. The van der Waals surface area contributed by atoms with Gasteiger partial charge in [0.1, 0.15) is 23.5 Å². The molecule has 0 N–H and O–H groups in total. The van der Waals surface area contributed by atoms with Crippen LogP contribution in [0.4, 0.5) is 0 Å². The fourth-order valence-electron chi connectivity index (χ4n) is 4.67. The number of benzene rings is 2. The molecule has 6 heteroatoms. The number of fused-ring (bicyclic) bond motifs is 1. The average Bonchev–Trinajstić information content (AvgIpc) is 3.35. The fourth-order valence-corrected chi connectivity index (χ4v) is 4.67. The molecule has 0 aliphatic carbocycles. The van der Waals surface area contributed by atoms with Crippen molar-refractivity contribution in [2.45, 2.75) is 38.8 Å². The molecular weight excluding hydrogens is 386 g/mol. The molecular formula is C25H27N5O. The average molecular weight is 414 g/mol. The third-order valence-electron chi connectivity index (χ3n) is 6.30. The topological polar surface area (TPSA) is 56.1 Å². The quantitative estimate of drug-likeness (QED) is 0.437. The number of nitrogens with zero attached hydrogens (tertiary/aromatic N) is 5. The molecule has 1 aliphatic heterocycles. The van der Waals surface area contributed by atoms with E-state index in [4.69, 9.17) is 9.84 Å². The second-order valence-corrected chi connectivity index (χ2v) is 8.39. The number of ether oxygens (including phenoxy) is 1. The molecule has 2 aromatic carbocycles. The molecule has 0 spiro atoms. The second kappa shape index (κ2) is 8.12. The Morgan fingerprint density at radius 1 is 1.03 bits per heavy atom. The van der Waals surface area contributed by atoms with E-state index in [1.54, 1.807) is 6.33 Å². The summed E-state index contributed by atoms with van der Waals surface area (Å²) in [5, 5.41) is 5.97. The highest BCUT2D eigenvalue weighted by molar-refractivity contribution is 5.90. The van der Waals surface area contributed by atoms with Gasteiger partial charge < -0.3 is 4.74 Å². The van der Waals surface area contributed by atoms with Crippen LogP contribution >= 0.6 is 0 Å². The minimum Gasteiger partial charge on any atom is -0.457 e. The van der Waals surface area contributed by atoms with Crippen LogP contribution in [0.1, 0.15) is 26.7 Å². The Morgan fingerprint density at radius 3 is 2.58 bits per heavy atom. The van der Waals surface area contributed by atoms with E-state index in [0.29, 0.717) is 0 Å². The largest absolute Gasteiger partial charge is 0.457 e. The van der Waals surface area contributed by atoms with Crippen LogP contribution in [0.2, 0.25) is 0 Å². The Morgan fingerprint density at radius 2 is 1.81 bits per heavy atom. The van der Waals surface area contributed by atoms with Gasteiger partial charge in [0.05, 0.1) is 11.9 Å². The summed E-state index contributed by atoms with van der Waals surface area (Å²) < 4.78 is 8.00. The predicted octanol–water partition coefficient (Wildman–Crippen LogP) is 5.16. The van der Waals surface area contributed by atoms with Gasteiger partial charge in [0, 0.05) is 17.3 Å². The minimum atomic E-state index is 0.100. The van der Waals surface area contributed by atoms with Crippen molar-refractivity contribution in [2.24, 2.45) is 0 Å². The molecule has 0 amide bonds. The Hall–Kier alpha value is -3.25. The van der Waals surface area contributed by atoms with Crippen LogP contribution in [0.15, 0.2) is 67.1 Å². The molecule has 1 unspecified atom stereocenters. The van der Waals surface area contributed by atoms with Crippen molar-refractivity contribution in [3.63, 3.8) is 0 Å². The molecule has 2 aromatic heterocycles. The van der Waals surface area contributed by atoms with Crippen LogP contribution in [0.5, 0.6) is 11.5 Å². The van der Waals surface area contributed by atoms with Crippen LogP contribution in [0, 0.1) is 0 Å². The third-order valence-corrected chi connectivity index (χ3v) is 6.30. The highest BCUT2D eigenvalue weighted by atomic mass is 16.5. The van der Waals surface area contributed by atoms with E-state index in [2.05, 4.69) is 33.4 Å². The molecule has 0 saturated carbocycles. The monoisotopic (exact) mass is 413 g/mol. The number of rotatable bonds is 6. The van der Waals surface area contributed by atoms with Gasteiger partial charge in [0.25, 0.3) is 0 Å². The third kappa shape index (κ3) is 3.79. The maximum Gasteiger partial charge on any atom is 0.161 e. The van der Waals surface area contributed by atoms with Crippen LogP contribution in [0.25, 0.3) is 22.3 Å². The first-order valence-corrected chi connectivity index (χ1v) is 10.9. The molecule has 4 aromatic rings. The summed E-state index contributed by atoms with van der Waals surface area (Å²) in [6.07, 6.45) is 5.88. The van der Waals surface area contributed by atoms with Crippen LogP contribution in [-0.2, 0) is 6.54 Å². The van der Waals surface area contributed by atoms with E-state index in [1.165, 1.54) is 12.8 Å². The number of para-hydroxylation sites is 1. The van der Waals surface area contributed by atoms with Gasteiger partial charge >= 0.3 is 0 Å². The zero-order valence-electron chi connectivity index (χ0n) is 18.0. The summed E-state index contributed by atoms with van der Waals surface area (Å²) in [5.41, 5.74) is 2.93. The van der Waals surface area contributed by atoms with Crippen LogP contribution in [-0.4, -0.2) is 43.3 Å². The Labute approximate surface area is 182 Å². The van der Waals surface area contributed by atoms with Gasteiger partial charge in [-0.2, -0.15) is 5.10 Å². The molecule has 0 radical (unpaired) electrons. The van der Waals surface area contributed by atoms with Crippen molar-refractivity contribution in [1.29, 1.82) is 0 Å². The molecule has 31 heavy (non-hydrogen) atoms. The molecule has 1 atom stereocenters. The van der Waals surface area contributed by atoms with Crippen molar-refractivity contribution in [2.75, 3.05) is 13.1 Å². The van der Waals surface area contributed by atoms with Crippen molar-refractivity contribution in [3.05, 3.63) is 67.1 Å². The SMILES string of the molecule is CCN1CCCC1(C)Cn1nc(-c2ccc(Oc3ccccc3)cc2)c2cncnc21. The highest BCUT2D eigenvalue weighted by Crippen LogP contribution is 2.33. The Kier molecular flexibility index (Phi) is 5.16. The zero-order chi connectivity index (χ0) is 21.3. The molecule has 0 bridgehead atoms. The van der Waals surface area contributed by atoms with Crippen LogP contribution in [0.3, 0.4) is 0 Å². The standard InChI is InChI=1S/C25H27N5O/c1-3-29-15-7-14-25(29,2)17-30-24-22(16-26-18-27-24)23(28-30)19-10-12-21(13-11-19)31-20-8-5-4-6-9-20/h4-6,8-13,16,18H,3,7,14-15,17H2,1-2H3. The fraction of sp³-hybridized carbons (Fsp3) is 0.320. The normalized spacial score (nSPS) is 19.2. The van der Waals surface area contributed by atoms with E-state index in [0.717, 1.165) is 53.4 Å².